The highest BCUT2D eigenvalue weighted by molar-refractivity contribution is 5.41. The maximum Gasteiger partial charge on any atom is 0.403 e. The van der Waals surface area contributed by atoms with Crippen LogP contribution in [-0.4, -0.2) is 27.5 Å². The Morgan fingerprint density at radius 2 is 1.76 bits per heavy atom. The van der Waals surface area contributed by atoms with Crippen molar-refractivity contribution in [1.29, 1.82) is 0 Å². The average Bonchev–Trinajstić information content (AvgIpc) is 2.20. The third-order valence-electron chi connectivity index (χ3n) is 2.28. The molecule has 0 aliphatic heterocycles. The van der Waals surface area contributed by atoms with Crippen LogP contribution in [0.4, 0.5) is 13.2 Å². The van der Waals surface area contributed by atoms with E-state index in [0.717, 1.165) is 12.1 Å². The lowest BCUT2D eigenvalue weighted by atomic mass is 10.0. The standard InChI is InChI=1S/C10H12F3NO3/c11-10(12,13)9(14)4-7(16)5-1-2-6(15)8(17)3-5/h1-3,7,9,15-17H,4,14H2/t7-,9-/m1/s1. The van der Waals surface area contributed by atoms with Crippen molar-refractivity contribution in [1.82, 2.24) is 0 Å². The fourth-order valence-electron chi connectivity index (χ4n) is 1.26. The molecule has 2 atom stereocenters. The molecule has 7 heteroatoms. The van der Waals surface area contributed by atoms with Gasteiger partial charge in [-0.15, -0.1) is 0 Å². The molecule has 0 heterocycles. The predicted molar refractivity (Wildman–Crippen MR) is 53.4 cm³/mol. The van der Waals surface area contributed by atoms with Crippen LogP contribution in [0.15, 0.2) is 18.2 Å². The first-order chi connectivity index (χ1) is 7.71. The molecular formula is C10H12F3NO3. The van der Waals surface area contributed by atoms with Crippen LogP contribution in [0.5, 0.6) is 11.5 Å². The van der Waals surface area contributed by atoms with Gasteiger partial charge in [-0.2, -0.15) is 13.2 Å². The lowest BCUT2D eigenvalue weighted by Crippen LogP contribution is -2.38. The molecule has 0 bridgehead atoms. The van der Waals surface area contributed by atoms with Gasteiger partial charge in [0.1, 0.15) is 6.04 Å². The van der Waals surface area contributed by atoms with Gasteiger partial charge in [-0.3, -0.25) is 0 Å². The number of halogens is 3. The van der Waals surface area contributed by atoms with Crippen LogP contribution in [0.3, 0.4) is 0 Å². The van der Waals surface area contributed by atoms with Gasteiger partial charge in [0.2, 0.25) is 0 Å². The molecule has 1 aromatic rings. The summed E-state index contributed by atoms with van der Waals surface area (Å²) in [5, 5.41) is 27.6. The van der Waals surface area contributed by atoms with E-state index in [1.807, 2.05) is 0 Å². The SMILES string of the molecule is N[C@H](C[C@@H](O)c1ccc(O)c(O)c1)C(F)(F)F. The van der Waals surface area contributed by atoms with Crippen molar-refractivity contribution in [3.63, 3.8) is 0 Å². The molecule has 0 aliphatic carbocycles. The second kappa shape index (κ2) is 4.80. The summed E-state index contributed by atoms with van der Waals surface area (Å²) >= 11 is 0. The highest BCUT2D eigenvalue weighted by atomic mass is 19.4. The third-order valence-corrected chi connectivity index (χ3v) is 2.28. The van der Waals surface area contributed by atoms with Crippen molar-refractivity contribution in [2.24, 2.45) is 5.73 Å². The highest BCUT2D eigenvalue weighted by Crippen LogP contribution is 2.31. The fraction of sp³-hybridized carbons (Fsp3) is 0.400. The lowest BCUT2D eigenvalue weighted by molar-refractivity contribution is -0.153. The Balaban J connectivity index is 2.76. The van der Waals surface area contributed by atoms with Gasteiger partial charge >= 0.3 is 6.18 Å². The number of phenols is 2. The number of nitrogens with two attached hydrogens (primary N) is 1. The zero-order valence-corrected chi connectivity index (χ0v) is 8.65. The highest BCUT2D eigenvalue weighted by Gasteiger charge is 2.38. The van der Waals surface area contributed by atoms with E-state index in [-0.39, 0.29) is 5.56 Å². The monoisotopic (exact) mass is 251 g/mol. The number of hydrogen-bond donors (Lipinski definition) is 4. The van der Waals surface area contributed by atoms with Crippen molar-refractivity contribution in [2.45, 2.75) is 24.7 Å². The molecule has 1 rings (SSSR count). The van der Waals surface area contributed by atoms with Gasteiger partial charge in [0.15, 0.2) is 11.5 Å². The fourth-order valence-corrected chi connectivity index (χ4v) is 1.26. The molecule has 0 unspecified atom stereocenters. The largest absolute Gasteiger partial charge is 0.504 e. The second-order valence-corrected chi connectivity index (χ2v) is 3.65. The van der Waals surface area contributed by atoms with E-state index < -0.39 is 36.2 Å². The van der Waals surface area contributed by atoms with Gasteiger partial charge in [-0.05, 0) is 17.7 Å². The zero-order valence-electron chi connectivity index (χ0n) is 8.65. The van der Waals surface area contributed by atoms with Crippen LogP contribution in [-0.2, 0) is 0 Å². The Hall–Kier alpha value is -1.47. The van der Waals surface area contributed by atoms with E-state index >= 15 is 0 Å². The summed E-state index contributed by atoms with van der Waals surface area (Å²) < 4.78 is 36.4. The van der Waals surface area contributed by atoms with Crippen molar-refractivity contribution in [3.05, 3.63) is 23.8 Å². The van der Waals surface area contributed by atoms with Gasteiger partial charge in [0, 0.05) is 6.42 Å². The first kappa shape index (κ1) is 13.6. The molecule has 0 saturated carbocycles. The van der Waals surface area contributed by atoms with Gasteiger partial charge in [-0.25, -0.2) is 0 Å². The minimum atomic E-state index is -4.58. The molecule has 5 N–H and O–H groups in total. The Kier molecular flexibility index (Phi) is 3.84. The molecule has 0 amide bonds. The molecule has 17 heavy (non-hydrogen) atoms. The number of aliphatic hydroxyl groups is 1. The van der Waals surface area contributed by atoms with Crippen LogP contribution < -0.4 is 5.73 Å². The van der Waals surface area contributed by atoms with Gasteiger partial charge in [0.05, 0.1) is 6.10 Å². The molecule has 0 aliphatic rings. The molecule has 0 aromatic heterocycles. The van der Waals surface area contributed by atoms with Crippen LogP contribution in [0.2, 0.25) is 0 Å². The summed E-state index contributed by atoms with van der Waals surface area (Å²) in [4.78, 5) is 0. The first-order valence-electron chi connectivity index (χ1n) is 4.74. The third kappa shape index (κ3) is 3.50. The molecule has 0 spiro atoms. The lowest BCUT2D eigenvalue weighted by Gasteiger charge is -2.19. The quantitative estimate of drug-likeness (QED) is 0.612. The zero-order chi connectivity index (χ0) is 13.2. The minimum absolute atomic E-state index is 0.0556. The smallest absolute Gasteiger partial charge is 0.403 e. The van der Waals surface area contributed by atoms with Crippen LogP contribution >= 0.6 is 0 Å². The van der Waals surface area contributed by atoms with Crippen molar-refractivity contribution >= 4 is 0 Å². The van der Waals surface area contributed by atoms with E-state index in [1.165, 1.54) is 6.07 Å². The van der Waals surface area contributed by atoms with E-state index in [4.69, 9.17) is 15.9 Å². The van der Waals surface area contributed by atoms with Crippen molar-refractivity contribution in [2.75, 3.05) is 0 Å². The normalized spacial score (nSPS) is 15.6. The van der Waals surface area contributed by atoms with Crippen LogP contribution in [0, 0.1) is 0 Å². The van der Waals surface area contributed by atoms with E-state index in [9.17, 15) is 18.3 Å². The van der Waals surface area contributed by atoms with Crippen molar-refractivity contribution < 1.29 is 28.5 Å². The first-order valence-corrected chi connectivity index (χ1v) is 4.74. The van der Waals surface area contributed by atoms with Crippen LogP contribution in [0.25, 0.3) is 0 Å². The molecule has 0 fully saturated rings. The molecule has 0 radical (unpaired) electrons. The van der Waals surface area contributed by atoms with Gasteiger partial charge in [0.25, 0.3) is 0 Å². The number of phenolic OH excluding ortho intramolecular Hbond substituents is 2. The van der Waals surface area contributed by atoms with Crippen molar-refractivity contribution in [3.8, 4) is 11.5 Å². The topological polar surface area (TPSA) is 86.7 Å². The van der Waals surface area contributed by atoms with Gasteiger partial charge in [-0.1, -0.05) is 6.07 Å². The average molecular weight is 251 g/mol. The number of rotatable bonds is 3. The summed E-state index contributed by atoms with van der Waals surface area (Å²) in [5.74, 6) is -0.928. The number of hydrogen-bond acceptors (Lipinski definition) is 4. The Bertz CT molecular complexity index is 395. The van der Waals surface area contributed by atoms with E-state index in [2.05, 4.69) is 0 Å². The summed E-state index contributed by atoms with van der Waals surface area (Å²) in [6, 6.07) is 1.13. The minimum Gasteiger partial charge on any atom is -0.504 e. The summed E-state index contributed by atoms with van der Waals surface area (Å²) in [6.45, 7) is 0. The van der Waals surface area contributed by atoms with E-state index in [1.54, 1.807) is 0 Å². The molecule has 96 valence electrons. The summed E-state index contributed by atoms with van der Waals surface area (Å²) in [5.41, 5.74) is 4.92. The molecule has 1 aromatic carbocycles. The number of aliphatic hydroxyl groups excluding tert-OH is 1. The van der Waals surface area contributed by atoms with E-state index in [0.29, 0.717) is 0 Å². The Morgan fingerprint density at radius 3 is 2.24 bits per heavy atom. The van der Waals surface area contributed by atoms with Crippen LogP contribution in [0.1, 0.15) is 18.1 Å². The number of benzene rings is 1. The summed E-state index contributed by atoms with van der Waals surface area (Å²) in [7, 11) is 0. The molecular weight excluding hydrogens is 239 g/mol. The maximum atomic E-state index is 12.1. The Morgan fingerprint density at radius 1 is 1.18 bits per heavy atom. The second-order valence-electron chi connectivity index (χ2n) is 3.65. The number of aromatic hydroxyl groups is 2. The predicted octanol–water partition coefficient (Wildman–Crippen LogP) is 1.41. The number of alkyl halides is 3. The molecule has 0 saturated heterocycles. The van der Waals surface area contributed by atoms with Gasteiger partial charge < -0.3 is 21.1 Å². The maximum absolute atomic E-state index is 12.1. The molecule has 4 nitrogen and oxygen atoms in total. The Labute approximate surface area is 95.1 Å². The summed E-state index contributed by atoms with van der Waals surface area (Å²) in [6.07, 6.45) is -6.76.